The van der Waals surface area contributed by atoms with Gasteiger partial charge in [0, 0.05) is 24.0 Å². The molecule has 28 heavy (non-hydrogen) atoms. The van der Waals surface area contributed by atoms with Crippen LogP contribution >= 0.6 is 23.1 Å². The number of nitrogens with one attached hydrogen (secondary N) is 1. The molecule has 0 radical (unpaired) electrons. The van der Waals surface area contributed by atoms with Gasteiger partial charge < -0.3 is 10.4 Å². The lowest BCUT2D eigenvalue weighted by Crippen LogP contribution is -2.26. The first-order chi connectivity index (χ1) is 13.6. The van der Waals surface area contributed by atoms with Gasteiger partial charge in [0.25, 0.3) is 0 Å². The Morgan fingerprint density at radius 3 is 2.89 bits per heavy atom. The Labute approximate surface area is 173 Å². The van der Waals surface area contributed by atoms with Crippen LogP contribution in [-0.2, 0) is 0 Å². The zero-order valence-electron chi connectivity index (χ0n) is 16.1. The Hall–Kier alpha value is -1.96. The topological polar surface area (TPSA) is 70.9 Å². The number of aliphatic hydroxyl groups excluding tert-OH is 1. The number of nitrogens with zero attached hydrogens (tertiary/aromatic N) is 3. The lowest BCUT2D eigenvalue weighted by atomic mass is 9.83. The molecule has 0 atom stereocenters. The highest BCUT2D eigenvalue weighted by molar-refractivity contribution is 7.99. The van der Waals surface area contributed by atoms with Crippen LogP contribution in [0.5, 0.6) is 0 Å². The predicted octanol–water partition coefficient (Wildman–Crippen LogP) is 5.39. The molecular weight excluding hydrogens is 388 g/mol. The molecule has 5 nitrogen and oxygen atoms in total. The monoisotopic (exact) mass is 412 g/mol. The molecule has 2 aromatic heterocycles. The van der Waals surface area contributed by atoms with E-state index < -0.39 is 0 Å². The molecule has 0 spiro atoms. The van der Waals surface area contributed by atoms with Crippen LogP contribution in [-0.4, -0.2) is 31.9 Å². The molecule has 1 aromatic carbocycles. The third kappa shape index (κ3) is 4.54. The van der Waals surface area contributed by atoms with E-state index in [1.807, 2.05) is 12.3 Å². The maximum atomic E-state index is 9.54. The van der Waals surface area contributed by atoms with Gasteiger partial charge in [0.2, 0.25) is 5.95 Å². The van der Waals surface area contributed by atoms with Crippen molar-refractivity contribution in [1.82, 2.24) is 15.0 Å². The Balaban J connectivity index is 1.53. The SMILES string of the molecule is CCCSc1ccnc(Nc2cc(C)cc(-c3cnc(C4CC(O)C4)s3)c2)n1. The highest BCUT2D eigenvalue weighted by atomic mass is 32.2. The number of anilines is 2. The van der Waals surface area contributed by atoms with Crippen LogP contribution in [0.3, 0.4) is 0 Å². The van der Waals surface area contributed by atoms with E-state index in [1.54, 1.807) is 29.3 Å². The number of thiazole rings is 1. The second-order valence-electron chi connectivity index (χ2n) is 7.16. The normalized spacial score (nSPS) is 18.7. The number of aromatic nitrogens is 3. The average Bonchev–Trinajstić information content (AvgIpc) is 3.13. The summed E-state index contributed by atoms with van der Waals surface area (Å²) in [6, 6.07) is 8.34. The van der Waals surface area contributed by atoms with E-state index in [2.05, 4.69) is 52.3 Å². The molecule has 146 valence electrons. The van der Waals surface area contributed by atoms with Crippen molar-refractivity contribution in [2.24, 2.45) is 0 Å². The fraction of sp³-hybridized carbons (Fsp3) is 0.381. The van der Waals surface area contributed by atoms with Crippen LogP contribution in [0.4, 0.5) is 11.6 Å². The minimum atomic E-state index is -0.154. The van der Waals surface area contributed by atoms with E-state index in [1.165, 1.54) is 5.56 Å². The third-order valence-corrected chi connectivity index (χ3v) is 7.03. The zero-order chi connectivity index (χ0) is 19.5. The number of aliphatic hydroxyl groups is 1. The lowest BCUT2D eigenvalue weighted by Gasteiger charge is -2.29. The van der Waals surface area contributed by atoms with Crippen molar-refractivity contribution < 1.29 is 5.11 Å². The molecule has 0 saturated heterocycles. The van der Waals surface area contributed by atoms with Crippen molar-refractivity contribution in [3.63, 3.8) is 0 Å². The van der Waals surface area contributed by atoms with E-state index in [0.29, 0.717) is 11.9 Å². The number of hydrogen-bond donors (Lipinski definition) is 2. The molecule has 2 N–H and O–H groups in total. The van der Waals surface area contributed by atoms with Crippen LogP contribution in [0.25, 0.3) is 10.4 Å². The summed E-state index contributed by atoms with van der Waals surface area (Å²) >= 11 is 3.47. The first kappa shape index (κ1) is 19.4. The number of hydrogen-bond acceptors (Lipinski definition) is 7. The molecule has 1 saturated carbocycles. The Morgan fingerprint density at radius 1 is 1.25 bits per heavy atom. The first-order valence-corrected chi connectivity index (χ1v) is 11.4. The number of benzene rings is 1. The van der Waals surface area contributed by atoms with E-state index in [0.717, 1.165) is 51.2 Å². The third-order valence-electron chi connectivity index (χ3n) is 4.69. The summed E-state index contributed by atoms with van der Waals surface area (Å²) in [4.78, 5) is 14.7. The smallest absolute Gasteiger partial charge is 0.228 e. The van der Waals surface area contributed by atoms with Gasteiger partial charge in [-0.2, -0.15) is 0 Å². The van der Waals surface area contributed by atoms with Crippen LogP contribution in [0.1, 0.15) is 42.7 Å². The van der Waals surface area contributed by atoms with Crippen LogP contribution in [0, 0.1) is 6.92 Å². The summed E-state index contributed by atoms with van der Waals surface area (Å²) in [5, 5.41) is 15.0. The molecule has 7 heteroatoms. The van der Waals surface area contributed by atoms with E-state index >= 15 is 0 Å². The molecule has 3 aromatic rings. The predicted molar refractivity (Wildman–Crippen MR) is 117 cm³/mol. The van der Waals surface area contributed by atoms with Gasteiger partial charge in [0.1, 0.15) is 5.03 Å². The van der Waals surface area contributed by atoms with Gasteiger partial charge in [-0.3, -0.25) is 0 Å². The Bertz CT molecular complexity index is 953. The van der Waals surface area contributed by atoms with Gasteiger partial charge in [0.05, 0.1) is 16.0 Å². The van der Waals surface area contributed by atoms with Crippen molar-refractivity contribution in [3.8, 4) is 10.4 Å². The molecule has 0 bridgehead atoms. The molecule has 4 rings (SSSR count). The standard InChI is InChI=1S/C21H24N4OS2/c1-3-6-27-19-4-5-22-21(25-19)24-16-8-13(2)7-14(9-16)18-12-23-20(28-18)15-10-17(26)11-15/h4-5,7-9,12,15,17,26H,3,6,10-11H2,1-2H3,(H,22,24,25). The van der Waals surface area contributed by atoms with Crippen LogP contribution < -0.4 is 5.32 Å². The summed E-state index contributed by atoms with van der Waals surface area (Å²) in [6.07, 6.45) is 6.37. The van der Waals surface area contributed by atoms with E-state index in [-0.39, 0.29) is 6.10 Å². The van der Waals surface area contributed by atoms with Crippen LogP contribution in [0.15, 0.2) is 41.7 Å². The maximum Gasteiger partial charge on any atom is 0.228 e. The van der Waals surface area contributed by atoms with Gasteiger partial charge in [-0.15, -0.1) is 23.1 Å². The van der Waals surface area contributed by atoms with Crippen molar-refractivity contribution in [3.05, 3.63) is 47.2 Å². The minimum Gasteiger partial charge on any atom is -0.393 e. The summed E-state index contributed by atoms with van der Waals surface area (Å²) in [6.45, 7) is 4.26. The lowest BCUT2D eigenvalue weighted by molar-refractivity contribution is 0.0745. The van der Waals surface area contributed by atoms with Gasteiger partial charge in [-0.1, -0.05) is 13.0 Å². The molecular formula is C21H24N4OS2. The summed E-state index contributed by atoms with van der Waals surface area (Å²) < 4.78 is 0. The minimum absolute atomic E-state index is 0.154. The Kier molecular flexibility index (Phi) is 5.94. The second kappa shape index (κ2) is 8.59. The number of thioether (sulfide) groups is 1. The summed E-state index contributed by atoms with van der Waals surface area (Å²) in [5.74, 6) is 2.08. The average molecular weight is 413 g/mol. The molecule has 1 aliphatic carbocycles. The molecule has 1 fully saturated rings. The largest absolute Gasteiger partial charge is 0.393 e. The summed E-state index contributed by atoms with van der Waals surface area (Å²) in [7, 11) is 0. The van der Waals surface area contributed by atoms with Crippen LogP contribution in [0.2, 0.25) is 0 Å². The van der Waals surface area contributed by atoms with Gasteiger partial charge in [-0.05, 0) is 61.3 Å². The molecule has 2 heterocycles. The highest BCUT2D eigenvalue weighted by Crippen LogP contribution is 2.41. The van der Waals surface area contributed by atoms with Crippen molar-refractivity contribution in [1.29, 1.82) is 0 Å². The maximum absolute atomic E-state index is 9.54. The van der Waals surface area contributed by atoms with E-state index in [4.69, 9.17) is 0 Å². The van der Waals surface area contributed by atoms with Gasteiger partial charge in [0.15, 0.2) is 0 Å². The molecule has 0 unspecified atom stereocenters. The Morgan fingerprint density at radius 2 is 2.11 bits per heavy atom. The fourth-order valence-electron chi connectivity index (χ4n) is 3.22. The first-order valence-electron chi connectivity index (χ1n) is 9.59. The summed E-state index contributed by atoms with van der Waals surface area (Å²) in [5.41, 5.74) is 3.29. The zero-order valence-corrected chi connectivity index (χ0v) is 17.7. The number of rotatable bonds is 7. The van der Waals surface area contributed by atoms with Crippen molar-refractivity contribution in [2.45, 2.75) is 50.2 Å². The van der Waals surface area contributed by atoms with Crippen molar-refractivity contribution >= 4 is 34.7 Å². The van der Waals surface area contributed by atoms with E-state index in [9.17, 15) is 5.11 Å². The van der Waals surface area contributed by atoms with Crippen molar-refractivity contribution in [2.75, 3.05) is 11.1 Å². The number of aryl methyl sites for hydroxylation is 1. The van der Waals surface area contributed by atoms with Gasteiger partial charge in [-0.25, -0.2) is 15.0 Å². The second-order valence-corrected chi connectivity index (χ2v) is 9.34. The van der Waals surface area contributed by atoms with Gasteiger partial charge >= 0.3 is 0 Å². The molecule has 1 aliphatic rings. The highest BCUT2D eigenvalue weighted by Gasteiger charge is 2.30. The molecule has 0 aliphatic heterocycles. The molecule has 0 amide bonds. The quantitative estimate of drug-likeness (QED) is 0.400. The fourth-order valence-corrected chi connectivity index (χ4v) is 4.97.